The molecule has 5 heteroatoms. The standard InChI is InChI=1S/C21H22N2O3/c1-13(2)19(24)17-18(16-6-4-5-14(3)11-16)23(21(26)20(17)25)12-15-7-9-22-10-8-15/h4-11,13,18,25H,12H2,1-3H3. The highest BCUT2D eigenvalue weighted by Crippen LogP contribution is 2.39. The lowest BCUT2D eigenvalue weighted by Gasteiger charge is -2.27. The molecule has 1 aliphatic heterocycles. The lowest BCUT2D eigenvalue weighted by atomic mass is 9.90. The number of aryl methyl sites for hydroxylation is 1. The number of benzene rings is 1. The van der Waals surface area contributed by atoms with Crippen LogP contribution in [0.3, 0.4) is 0 Å². The van der Waals surface area contributed by atoms with Crippen LogP contribution in [-0.4, -0.2) is 26.7 Å². The van der Waals surface area contributed by atoms with E-state index in [9.17, 15) is 14.7 Å². The van der Waals surface area contributed by atoms with E-state index in [0.717, 1.165) is 16.7 Å². The van der Waals surface area contributed by atoms with Crippen molar-refractivity contribution in [3.63, 3.8) is 0 Å². The van der Waals surface area contributed by atoms with Gasteiger partial charge in [0, 0.05) is 24.9 Å². The molecule has 0 fully saturated rings. The molecule has 1 unspecified atom stereocenters. The Labute approximate surface area is 153 Å². The summed E-state index contributed by atoms with van der Waals surface area (Å²) in [6, 6.07) is 10.7. The fraction of sp³-hybridized carbons (Fsp3) is 0.286. The van der Waals surface area contributed by atoms with Gasteiger partial charge in [-0.25, -0.2) is 0 Å². The van der Waals surface area contributed by atoms with Crippen molar-refractivity contribution >= 4 is 11.7 Å². The molecule has 26 heavy (non-hydrogen) atoms. The lowest BCUT2D eigenvalue weighted by Crippen LogP contribution is -2.31. The van der Waals surface area contributed by atoms with Crippen LogP contribution in [0.5, 0.6) is 0 Å². The Bertz CT molecular complexity index is 872. The first-order valence-electron chi connectivity index (χ1n) is 8.64. The third kappa shape index (κ3) is 3.25. The summed E-state index contributed by atoms with van der Waals surface area (Å²) in [5.74, 6) is -1.48. The topological polar surface area (TPSA) is 70.5 Å². The zero-order valence-corrected chi connectivity index (χ0v) is 15.1. The molecule has 3 rings (SSSR count). The van der Waals surface area contributed by atoms with Crippen LogP contribution in [0.1, 0.15) is 36.6 Å². The van der Waals surface area contributed by atoms with Gasteiger partial charge in [-0.3, -0.25) is 14.6 Å². The summed E-state index contributed by atoms with van der Waals surface area (Å²) in [4.78, 5) is 31.1. The highest BCUT2D eigenvalue weighted by Gasteiger charge is 2.43. The van der Waals surface area contributed by atoms with Crippen molar-refractivity contribution in [3.05, 3.63) is 76.8 Å². The minimum absolute atomic E-state index is 0.185. The second kappa shape index (κ2) is 7.12. The summed E-state index contributed by atoms with van der Waals surface area (Å²) in [6.45, 7) is 5.79. The van der Waals surface area contributed by atoms with E-state index in [1.165, 1.54) is 0 Å². The Morgan fingerprint density at radius 2 is 1.92 bits per heavy atom. The predicted molar refractivity (Wildman–Crippen MR) is 98.2 cm³/mol. The molecule has 134 valence electrons. The molecule has 0 saturated heterocycles. The smallest absolute Gasteiger partial charge is 0.290 e. The number of carbonyl (C=O) groups is 2. The molecule has 0 saturated carbocycles. The molecule has 5 nitrogen and oxygen atoms in total. The molecule has 1 amide bonds. The van der Waals surface area contributed by atoms with Gasteiger partial charge in [0.25, 0.3) is 5.91 Å². The minimum atomic E-state index is -0.592. The normalized spacial score (nSPS) is 17.3. The molecule has 1 atom stereocenters. The number of nitrogens with zero attached hydrogens (tertiary/aromatic N) is 2. The number of pyridine rings is 1. The maximum absolute atomic E-state index is 12.8. The molecule has 1 aromatic heterocycles. The number of ketones is 1. The van der Waals surface area contributed by atoms with Gasteiger partial charge in [-0.2, -0.15) is 0 Å². The molecular formula is C21H22N2O3. The van der Waals surface area contributed by atoms with Crippen LogP contribution in [0.2, 0.25) is 0 Å². The summed E-state index contributed by atoms with van der Waals surface area (Å²) in [6.07, 6.45) is 3.32. The summed E-state index contributed by atoms with van der Waals surface area (Å²) >= 11 is 0. The van der Waals surface area contributed by atoms with E-state index in [1.54, 1.807) is 31.1 Å². The van der Waals surface area contributed by atoms with Crippen LogP contribution in [0.25, 0.3) is 0 Å². The van der Waals surface area contributed by atoms with Crippen molar-refractivity contribution in [2.75, 3.05) is 0 Å². The summed E-state index contributed by atoms with van der Waals surface area (Å²) in [5, 5.41) is 10.5. The number of amides is 1. The van der Waals surface area contributed by atoms with Crippen LogP contribution in [0, 0.1) is 12.8 Å². The fourth-order valence-corrected chi connectivity index (χ4v) is 3.25. The number of aliphatic hydroxyl groups excluding tert-OH is 1. The first-order chi connectivity index (χ1) is 12.4. The Morgan fingerprint density at radius 1 is 1.23 bits per heavy atom. The van der Waals surface area contributed by atoms with E-state index in [1.807, 2.05) is 43.3 Å². The Morgan fingerprint density at radius 3 is 2.54 bits per heavy atom. The quantitative estimate of drug-likeness (QED) is 0.896. The van der Waals surface area contributed by atoms with Gasteiger partial charge in [-0.15, -0.1) is 0 Å². The molecule has 0 radical (unpaired) electrons. The van der Waals surface area contributed by atoms with E-state index >= 15 is 0 Å². The zero-order chi connectivity index (χ0) is 18.8. The van der Waals surface area contributed by atoms with Crippen LogP contribution >= 0.6 is 0 Å². The van der Waals surface area contributed by atoms with E-state index in [4.69, 9.17) is 0 Å². The van der Waals surface area contributed by atoms with Gasteiger partial charge < -0.3 is 10.0 Å². The van der Waals surface area contributed by atoms with Gasteiger partial charge >= 0.3 is 0 Å². The summed E-state index contributed by atoms with van der Waals surface area (Å²) in [5.41, 5.74) is 2.92. The van der Waals surface area contributed by atoms with Crippen LogP contribution in [0.4, 0.5) is 0 Å². The minimum Gasteiger partial charge on any atom is -0.503 e. The molecule has 0 aliphatic carbocycles. The maximum Gasteiger partial charge on any atom is 0.290 e. The predicted octanol–water partition coefficient (Wildman–Crippen LogP) is 3.51. The Hall–Kier alpha value is -2.95. The SMILES string of the molecule is Cc1cccc(C2C(C(=O)C(C)C)=C(O)C(=O)N2Cc2ccncc2)c1. The van der Waals surface area contributed by atoms with Crippen LogP contribution in [-0.2, 0) is 16.1 Å². The van der Waals surface area contributed by atoms with Gasteiger partial charge in [0.2, 0.25) is 0 Å². The third-order valence-electron chi connectivity index (χ3n) is 4.55. The highest BCUT2D eigenvalue weighted by atomic mass is 16.3. The average molecular weight is 350 g/mol. The van der Waals surface area contributed by atoms with Gasteiger partial charge in [0.05, 0.1) is 11.6 Å². The molecule has 1 aromatic carbocycles. The molecule has 0 bridgehead atoms. The van der Waals surface area contributed by atoms with E-state index < -0.39 is 17.7 Å². The fourth-order valence-electron chi connectivity index (χ4n) is 3.25. The molecule has 0 spiro atoms. The molecule has 1 N–H and O–H groups in total. The van der Waals surface area contributed by atoms with E-state index in [0.29, 0.717) is 6.54 Å². The second-order valence-corrected chi connectivity index (χ2v) is 6.89. The van der Waals surface area contributed by atoms with E-state index in [-0.39, 0.29) is 17.3 Å². The third-order valence-corrected chi connectivity index (χ3v) is 4.55. The zero-order valence-electron chi connectivity index (χ0n) is 15.1. The van der Waals surface area contributed by atoms with Crippen molar-refractivity contribution in [2.45, 2.75) is 33.4 Å². The first kappa shape index (κ1) is 17.9. The van der Waals surface area contributed by atoms with Gasteiger partial charge in [-0.1, -0.05) is 43.7 Å². The monoisotopic (exact) mass is 350 g/mol. The van der Waals surface area contributed by atoms with Crippen LogP contribution < -0.4 is 0 Å². The first-order valence-corrected chi connectivity index (χ1v) is 8.64. The molecule has 2 heterocycles. The largest absolute Gasteiger partial charge is 0.503 e. The number of hydrogen-bond acceptors (Lipinski definition) is 4. The van der Waals surface area contributed by atoms with Crippen molar-refractivity contribution in [1.82, 2.24) is 9.88 Å². The van der Waals surface area contributed by atoms with Gasteiger partial charge in [0.15, 0.2) is 11.5 Å². The highest BCUT2D eigenvalue weighted by molar-refractivity contribution is 6.09. The average Bonchev–Trinajstić information content (AvgIpc) is 2.87. The summed E-state index contributed by atoms with van der Waals surface area (Å²) in [7, 11) is 0. The number of Topliss-reactive ketones (excluding diaryl/α,β-unsaturated/α-hetero) is 1. The van der Waals surface area contributed by atoms with Gasteiger partial charge in [-0.05, 0) is 30.2 Å². The van der Waals surface area contributed by atoms with Crippen LogP contribution in [0.15, 0.2) is 60.1 Å². The van der Waals surface area contributed by atoms with Crippen molar-refractivity contribution in [2.24, 2.45) is 5.92 Å². The number of rotatable bonds is 5. The molecule has 1 aliphatic rings. The number of carbonyl (C=O) groups excluding carboxylic acids is 2. The number of hydrogen-bond donors (Lipinski definition) is 1. The Kier molecular flexibility index (Phi) is 4.89. The summed E-state index contributed by atoms with van der Waals surface area (Å²) < 4.78 is 0. The Balaban J connectivity index is 2.09. The number of aliphatic hydroxyl groups is 1. The van der Waals surface area contributed by atoms with E-state index in [2.05, 4.69) is 4.98 Å². The molecule has 2 aromatic rings. The second-order valence-electron chi connectivity index (χ2n) is 6.89. The lowest BCUT2D eigenvalue weighted by molar-refractivity contribution is -0.130. The van der Waals surface area contributed by atoms with Crippen molar-refractivity contribution in [1.29, 1.82) is 0 Å². The van der Waals surface area contributed by atoms with Gasteiger partial charge in [0.1, 0.15) is 0 Å². The van der Waals surface area contributed by atoms with Crippen molar-refractivity contribution < 1.29 is 14.7 Å². The molecular weight excluding hydrogens is 328 g/mol. The number of aromatic nitrogens is 1. The maximum atomic E-state index is 12.8. The van der Waals surface area contributed by atoms with Crippen molar-refractivity contribution in [3.8, 4) is 0 Å².